The summed E-state index contributed by atoms with van der Waals surface area (Å²) in [6.45, 7) is 19.6. The summed E-state index contributed by atoms with van der Waals surface area (Å²) in [5, 5.41) is 0. The summed E-state index contributed by atoms with van der Waals surface area (Å²) in [6, 6.07) is 8.27. The molecule has 1 aliphatic carbocycles. The first-order valence-electron chi connectivity index (χ1n) is 15.9. The summed E-state index contributed by atoms with van der Waals surface area (Å²) in [7, 11) is 1.63. The SMILES string of the molecule is COc1ccc(CO[C@H](/C(C)=C/[C@@H]2CC[C@@H](O[Si](C(C)C)(C(C)C)C(C)C)[C@H](OC)C2)[C@H](C)C2SCCCS2)cc1. The standard InChI is InChI=1S/C34H58O4S2Si/c1-23(2)41(24(3)4,25(5)6)38-31-17-14-29(21-32(31)36-10)20-26(7)33(27(8)34-39-18-11-19-40-34)37-22-28-12-15-30(35-9)16-13-28/h12-13,15-16,20,23-25,27,29,31-34H,11,14,17-19,21-22H2,1-10H3/b26-20+/t27-,29-,31+,32+,33+/m0/s1. The molecule has 234 valence electrons. The predicted octanol–water partition coefficient (Wildman–Crippen LogP) is 9.73. The first-order chi connectivity index (χ1) is 19.5. The van der Waals surface area contributed by atoms with Crippen LogP contribution in [0, 0.1) is 11.8 Å². The molecule has 2 aliphatic rings. The van der Waals surface area contributed by atoms with Gasteiger partial charge in [0.1, 0.15) is 5.75 Å². The van der Waals surface area contributed by atoms with Gasteiger partial charge in [-0.15, -0.1) is 23.5 Å². The Bertz CT molecular complexity index is 907. The second-order valence-corrected chi connectivity index (χ2v) is 21.3. The third-order valence-electron chi connectivity index (χ3n) is 9.43. The molecule has 4 nitrogen and oxygen atoms in total. The fourth-order valence-corrected chi connectivity index (χ4v) is 16.1. The zero-order chi connectivity index (χ0) is 30.2. The van der Waals surface area contributed by atoms with Gasteiger partial charge in [0.05, 0.1) is 36.6 Å². The lowest BCUT2D eigenvalue weighted by Crippen LogP contribution is -2.53. The minimum Gasteiger partial charge on any atom is -0.497 e. The smallest absolute Gasteiger partial charge is 0.200 e. The molecular formula is C34H58O4S2Si. The van der Waals surface area contributed by atoms with Crippen LogP contribution < -0.4 is 4.74 Å². The molecule has 41 heavy (non-hydrogen) atoms. The summed E-state index contributed by atoms with van der Waals surface area (Å²) < 4.78 is 26.1. The molecular weight excluding hydrogens is 565 g/mol. The van der Waals surface area contributed by atoms with Gasteiger partial charge in [0.2, 0.25) is 8.32 Å². The Kier molecular flexibility index (Phi) is 14.2. The van der Waals surface area contributed by atoms with E-state index < -0.39 is 8.32 Å². The Labute approximate surface area is 261 Å². The lowest BCUT2D eigenvalue weighted by molar-refractivity contribution is -0.0402. The van der Waals surface area contributed by atoms with E-state index in [9.17, 15) is 0 Å². The third kappa shape index (κ3) is 9.04. The molecule has 5 atom stereocenters. The second-order valence-electron chi connectivity index (χ2n) is 13.1. The van der Waals surface area contributed by atoms with Crippen LogP contribution >= 0.6 is 23.5 Å². The second kappa shape index (κ2) is 16.6. The number of thioether (sulfide) groups is 2. The highest BCUT2D eigenvalue weighted by Crippen LogP contribution is 2.45. The van der Waals surface area contributed by atoms with Crippen molar-refractivity contribution in [2.24, 2.45) is 11.8 Å². The van der Waals surface area contributed by atoms with Gasteiger partial charge >= 0.3 is 0 Å². The summed E-state index contributed by atoms with van der Waals surface area (Å²) in [5.41, 5.74) is 4.30. The number of ether oxygens (including phenoxy) is 3. The molecule has 1 saturated heterocycles. The molecule has 0 unspecified atom stereocenters. The average molecular weight is 623 g/mol. The van der Waals surface area contributed by atoms with Crippen molar-refractivity contribution >= 4 is 31.8 Å². The molecule has 1 heterocycles. The van der Waals surface area contributed by atoms with Gasteiger partial charge in [-0.1, -0.05) is 66.7 Å². The molecule has 0 N–H and O–H groups in total. The molecule has 7 heteroatoms. The van der Waals surface area contributed by atoms with E-state index in [-0.39, 0.29) is 18.3 Å². The van der Waals surface area contributed by atoms with Crippen LogP contribution in [0.5, 0.6) is 5.75 Å². The van der Waals surface area contributed by atoms with Crippen LogP contribution in [0.2, 0.25) is 16.6 Å². The largest absolute Gasteiger partial charge is 0.497 e. The molecule has 0 radical (unpaired) electrons. The third-order valence-corrected chi connectivity index (χ3v) is 18.9. The molecule has 0 bridgehead atoms. The van der Waals surface area contributed by atoms with E-state index in [0.29, 0.717) is 39.6 Å². The minimum absolute atomic E-state index is 0.0954. The Morgan fingerprint density at radius 3 is 2.05 bits per heavy atom. The lowest BCUT2D eigenvalue weighted by atomic mass is 9.83. The maximum atomic E-state index is 7.24. The molecule has 2 fully saturated rings. The van der Waals surface area contributed by atoms with E-state index >= 15 is 0 Å². The highest BCUT2D eigenvalue weighted by molar-refractivity contribution is 8.17. The van der Waals surface area contributed by atoms with Gasteiger partial charge in [-0.25, -0.2) is 0 Å². The maximum Gasteiger partial charge on any atom is 0.200 e. The summed E-state index contributed by atoms with van der Waals surface area (Å²) in [6.07, 6.45) is 7.49. The zero-order valence-electron chi connectivity index (χ0n) is 27.5. The quantitative estimate of drug-likeness (QED) is 0.152. The van der Waals surface area contributed by atoms with E-state index in [2.05, 4.69) is 97.1 Å². The van der Waals surface area contributed by atoms with Crippen molar-refractivity contribution in [1.29, 1.82) is 0 Å². The maximum absolute atomic E-state index is 7.24. The highest BCUT2D eigenvalue weighted by atomic mass is 32.2. The van der Waals surface area contributed by atoms with Crippen LogP contribution in [0.1, 0.15) is 86.6 Å². The summed E-state index contributed by atoms with van der Waals surface area (Å²) >= 11 is 4.23. The first kappa shape index (κ1) is 35.0. The van der Waals surface area contributed by atoms with Crippen molar-refractivity contribution < 1.29 is 18.6 Å². The molecule has 0 aromatic heterocycles. The van der Waals surface area contributed by atoms with Crippen LogP contribution in [0.15, 0.2) is 35.9 Å². The van der Waals surface area contributed by atoms with E-state index in [4.69, 9.17) is 18.6 Å². The van der Waals surface area contributed by atoms with Crippen LogP contribution in [0.4, 0.5) is 0 Å². The van der Waals surface area contributed by atoms with Crippen LogP contribution in [0.3, 0.4) is 0 Å². The van der Waals surface area contributed by atoms with Crippen molar-refractivity contribution in [3.63, 3.8) is 0 Å². The van der Waals surface area contributed by atoms with E-state index in [0.717, 1.165) is 25.0 Å². The number of methoxy groups -OCH3 is 2. The topological polar surface area (TPSA) is 36.9 Å². The number of hydrogen-bond acceptors (Lipinski definition) is 6. The molecule has 0 amide bonds. The molecule has 3 rings (SSSR count). The van der Waals surface area contributed by atoms with Gasteiger partial charge < -0.3 is 18.6 Å². The Balaban J connectivity index is 1.75. The van der Waals surface area contributed by atoms with Gasteiger partial charge in [-0.2, -0.15) is 0 Å². The van der Waals surface area contributed by atoms with E-state index in [1.54, 1.807) is 7.11 Å². The summed E-state index contributed by atoms with van der Waals surface area (Å²) in [4.78, 5) is 0. The van der Waals surface area contributed by atoms with Crippen LogP contribution in [-0.2, 0) is 20.5 Å². The molecule has 1 saturated carbocycles. The summed E-state index contributed by atoms with van der Waals surface area (Å²) in [5.74, 6) is 4.31. The molecule has 1 aromatic carbocycles. The number of allylic oxidation sites excluding steroid dienone is 1. The van der Waals surface area contributed by atoms with Crippen molar-refractivity contribution in [1.82, 2.24) is 0 Å². The lowest BCUT2D eigenvalue weighted by Gasteiger charge is -2.47. The van der Waals surface area contributed by atoms with E-state index in [1.807, 2.05) is 19.2 Å². The van der Waals surface area contributed by atoms with Crippen LogP contribution in [-0.4, -0.2) is 56.9 Å². The fraction of sp³-hybridized carbons (Fsp3) is 0.765. The van der Waals surface area contributed by atoms with Gasteiger partial charge in [0.15, 0.2) is 0 Å². The van der Waals surface area contributed by atoms with Gasteiger partial charge in [-0.3, -0.25) is 0 Å². The Morgan fingerprint density at radius 1 is 0.902 bits per heavy atom. The Morgan fingerprint density at radius 2 is 1.51 bits per heavy atom. The first-order valence-corrected chi connectivity index (χ1v) is 20.1. The molecule has 0 spiro atoms. The average Bonchev–Trinajstić information content (AvgIpc) is 2.96. The minimum atomic E-state index is -1.96. The van der Waals surface area contributed by atoms with Gasteiger partial charge in [0.25, 0.3) is 0 Å². The van der Waals surface area contributed by atoms with Crippen molar-refractivity contribution in [2.45, 2.75) is 127 Å². The Hall–Kier alpha value is -0.443. The molecule has 1 aliphatic heterocycles. The van der Waals surface area contributed by atoms with Crippen molar-refractivity contribution in [3.8, 4) is 5.75 Å². The van der Waals surface area contributed by atoms with Gasteiger partial charge in [-0.05, 0) is 89.9 Å². The van der Waals surface area contributed by atoms with E-state index in [1.165, 1.54) is 29.1 Å². The molecule has 1 aromatic rings. The van der Waals surface area contributed by atoms with Crippen molar-refractivity contribution in [2.75, 3.05) is 25.7 Å². The van der Waals surface area contributed by atoms with Gasteiger partial charge in [0, 0.05) is 13.0 Å². The number of benzene rings is 1. The van der Waals surface area contributed by atoms with Crippen molar-refractivity contribution in [3.05, 3.63) is 41.5 Å². The number of hydrogen-bond donors (Lipinski definition) is 0. The monoisotopic (exact) mass is 622 g/mol. The number of rotatable bonds is 14. The highest BCUT2D eigenvalue weighted by Gasteiger charge is 2.48. The normalized spacial score (nSPS) is 24.7. The van der Waals surface area contributed by atoms with Crippen LogP contribution in [0.25, 0.3) is 0 Å². The zero-order valence-corrected chi connectivity index (χ0v) is 30.1. The predicted molar refractivity (Wildman–Crippen MR) is 182 cm³/mol. The fourth-order valence-electron chi connectivity index (χ4n) is 7.36.